The molecule has 0 saturated heterocycles. The lowest BCUT2D eigenvalue weighted by Gasteiger charge is -2.20. The molecule has 0 N–H and O–H groups in total. The summed E-state index contributed by atoms with van der Waals surface area (Å²) < 4.78 is 2.36. The molecule has 146 valence electrons. The van der Waals surface area contributed by atoms with Crippen molar-refractivity contribution in [2.45, 2.75) is 31.4 Å². The van der Waals surface area contributed by atoms with E-state index in [-0.39, 0.29) is 11.2 Å². The molecule has 1 atom stereocenters. The third-order valence-corrected chi connectivity index (χ3v) is 6.77. The Balaban J connectivity index is 1.76. The Bertz CT molecular complexity index is 1120. The molecular formula is C26H25NOS. The van der Waals surface area contributed by atoms with E-state index in [2.05, 4.69) is 66.9 Å². The number of para-hydroxylation sites is 1. The lowest BCUT2D eigenvalue weighted by Crippen LogP contribution is -2.09. The Hall–Kier alpha value is -2.78. The van der Waals surface area contributed by atoms with Crippen LogP contribution in [0.4, 0.5) is 0 Å². The number of carbonyl (C=O) groups excluding carboxylic acids is 1. The van der Waals surface area contributed by atoms with Gasteiger partial charge < -0.3 is 4.57 Å². The van der Waals surface area contributed by atoms with Gasteiger partial charge >= 0.3 is 0 Å². The second-order valence-corrected chi connectivity index (χ2v) is 8.37. The van der Waals surface area contributed by atoms with Crippen LogP contribution >= 0.6 is 11.8 Å². The van der Waals surface area contributed by atoms with Crippen LogP contribution in [0.5, 0.6) is 0 Å². The molecule has 4 rings (SSSR count). The van der Waals surface area contributed by atoms with Gasteiger partial charge in [0.2, 0.25) is 0 Å². The molecule has 0 radical (unpaired) electrons. The fourth-order valence-electron chi connectivity index (χ4n) is 3.92. The second-order valence-electron chi connectivity index (χ2n) is 7.20. The second kappa shape index (κ2) is 8.71. The van der Waals surface area contributed by atoms with Gasteiger partial charge in [-0.1, -0.05) is 85.8 Å². The van der Waals surface area contributed by atoms with Gasteiger partial charge in [-0.25, -0.2) is 0 Å². The Kier molecular flexibility index (Phi) is 5.86. The predicted octanol–water partition coefficient (Wildman–Crippen LogP) is 7.02. The molecule has 0 spiro atoms. The van der Waals surface area contributed by atoms with Gasteiger partial charge in [-0.2, -0.15) is 0 Å². The number of thioether (sulfide) groups is 1. The van der Waals surface area contributed by atoms with Crippen molar-refractivity contribution in [2.24, 2.45) is 0 Å². The van der Waals surface area contributed by atoms with Gasteiger partial charge in [-0.15, -0.1) is 11.8 Å². The highest BCUT2D eigenvalue weighted by atomic mass is 32.2. The van der Waals surface area contributed by atoms with E-state index < -0.39 is 0 Å². The number of aromatic nitrogens is 1. The number of hydrogen-bond donors (Lipinski definition) is 0. The minimum Gasteiger partial charge on any atom is -0.332 e. The summed E-state index contributed by atoms with van der Waals surface area (Å²) in [5, 5.41) is 1.31. The Morgan fingerprint density at radius 3 is 2.21 bits per heavy atom. The molecule has 0 fully saturated rings. The SMILES string of the molecule is CCC(SCc1ccccc1)n1c(C)c(C(=O)c2ccccc2)c2ccccc21. The first-order valence-corrected chi connectivity index (χ1v) is 11.1. The standard InChI is InChI=1S/C26H25NOS/c1-3-24(29-18-20-12-6-4-7-13-20)27-19(2)25(22-16-10-11-17-23(22)27)26(28)21-14-8-5-9-15-21/h4-17,24H,3,18H2,1-2H3. The minimum absolute atomic E-state index is 0.0981. The summed E-state index contributed by atoms with van der Waals surface area (Å²) in [4.78, 5) is 13.4. The van der Waals surface area contributed by atoms with Gasteiger partial charge in [0, 0.05) is 27.9 Å². The minimum atomic E-state index is 0.0981. The molecule has 0 aliphatic heterocycles. The molecule has 1 aromatic heterocycles. The van der Waals surface area contributed by atoms with Crippen LogP contribution in [0.25, 0.3) is 10.9 Å². The van der Waals surface area contributed by atoms with Crippen molar-refractivity contribution < 1.29 is 4.79 Å². The van der Waals surface area contributed by atoms with Crippen molar-refractivity contribution in [3.8, 4) is 0 Å². The van der Waals surface area contributed by atoms with Crippen molar-refractivity contribution in [2.75, 3.05) is 0 Å². The monoisotopic (exact) mass is 399 g/mol. The highest BCUT2D eigenvalue weighted by Crippen LogP contribution is 2.37. The molecule has 3 aromatic carbocycles. The molecule has 4 aromatic rings. The number of hydrogen-bond acceptors (Lipinski definition) is 2. The highest BCUT2D eigenvalue weighted by Gasteiger charge is 2.24. The van der Waals surface area contributed by atoms with E-state index >= 15 is 0 Å². The van der Waals surface area contributed by atoms with Gasteiger partial charge in [0.15, 0.2) is 5.78 Å². The average molecular weight is 400 g/mol. The van der Waals surface area contributed by atoms with Gasteiger partial charge in [-0.3, -0.25) is 4.79 Å². The smallest absolute Gasteiger partial charge is 0.195 e. The van der Waals surface area contributed by atoms with Crippen molar-refractivity contribution in [1.29, 1.82) is 0 Å². The summed E-state index contributed by atoms with van der Waals surface area (Å²) in [6.45, 7) is 4.30. The summed E-state index contributed by atoms with van der Waals surface area (Å²) in [6, 6.07) is 28.4. The molecule has 1 unspecified atom stereocenters. The number of fused-ring (bicyclic) bond motifs is 1. The number of ketones is 1. The first-order chi connectivity index (χ1) is 14.2. The van der Waals surface area contributed by atoms with E-state index in [0.29, 0.717) is 0 Å². The largest absolute Gasteiger partial charge is 0.332 e. The molecule has 0 saturated carbocycles. The zero-order valence-electron chi connectivity index (χ0n) is 16.8. The quantitative estimate of drug-likeness (QED) is 0.311. The average Bonchev–Trinajstić information content (AvgIpc) is 3.07. The summed E-state index contributed by atoms with van der Waals surface area (Å²) >= 11 is 1.93. The lowest BCUT2D eigenvalue weighted by atomic mass is 10.0. The van der Waals surface area contributed by atoms with Crippen LogP contribution in [0.15, 0.2) is 84.9 Å². The van der Waals surface area contributed by atoms with Crippen LogP contribution in [0.1, 0.15) is 45.9 Å². The maximum Gasteiger partial charge on any atom is 0.195 e. The Morgan fingerprint density at radius 1 is 0.897 bits per heavy atom. The number of benzene rings is 3. The van der Waals surface area contributed by atoms with Crippen molar-refractivity contribution >= 4 is 28.4 Å². The Morgan fingerprint density at radius 2 is 1.52 bits per heavy atom. The van der Waals surface area contributed by atoms with Crippen LogP contribution < -0.4 is 0 Å². The maximum absolute atomic E-state index is 13.4. The molecule has 0 bridgehead atoms. The van der Waals surface area contributed by atoms with Crippen LogP contribution in [-0.2, 0) is 5.75 Å². The molecule has 29 heavy (non-hydrogen) atoms. The van der Waals surface area contributed by atoms with Gasteiger partial charge in [0.05, 0.1) is 10.9 Å². The van der Waals surface area contributed by atoms with E-state index in [0.717, 1.165) is 39.9 Å². The van der Waals surface area contributed by atoms with Crippen LogP contribution in [0.2, 0.25) is 0 Å². The zero-order valence-corrected chi connectivity index (χ0v) is 17.7. The Labute approximate surface area is 176 Å². The molecule has 0 aliphatic rings. The van der Waals surface area contributed by atoms with Crippen molar-refractivity contribution in [1.82, 2.24) is 4.57 Å². The molecule has 3 heteroatoms. The number of rotatable bonds is 7. The molecule has 0 aliphatic carbocycles. The third-order valence-electron chi connectivity index (χ3n) is 5.34. The van der Waals surface area contributed by atoms with Crippen LogP contribution in [0.3, 0.4) is 0 Å². The van der Waals surface area contributed by atoms with E-state index in [4.69, 9.17) is 0 Å². The van der Waals surface area contributed by atoms with Gasteiger partial charge in [0.1, 0.15) is 0 Å². The fourth-order valence-corrected chi connectivity index (χ4v) is 5.16. The van der Waals surface area contributed by atoms with Gasteiger partial charge in [0.25, 0.3) is 0 Å². The normalized spacial score (nSPS) is 12.2. The summed E-state index contributed by atoms with van der Waals surface area (Å²) in [5.41, 5.74) is 5.07. The molecule has 1 heterocycles. The number of nitrogens with zero attached hydrogens (tertiary/aromatic N) is 1. The first-order valence-electron chi connectivity index (χ1n) is 10.1. The van der Waals surface area contributed by atoms with Crippen molar-refractivity contribution in [3.63, 3.8) is 0 Å². The summed E-state index contributed by atoms with van der Waals surface area (Å²) in [6.07, 6.45) is 0.996. The van der Waals surface area contributed by atoms with Crippen LogP contribution in [-0.4, -0.2) is 10.4 Å². The van der Waals surface area contributed by atoms with E-state index in [1.165, 1.54) is 5.56 Å². The first kappa shape index (κ1) is 19.5. The fraction of sp³-hybridized carbons (Fsp3) is 0.192. The third kappa shape index (κ3) is 3.88. The zero-order chi connectivity index (χ0) is 20.2. The molecule has 2 nitrogen and oxygen atoms in total. The van der Waals surface area contributed by atoms with E-state index in [1.54, 1.807) is 0 Å². The molecule has 0 amide bonds. The summed E-state index contributed by atoms with van der Waals surface area (Å²) in [7, 11) is 0. The topological polar surface area (TPSA) is 22.0 Å². The van der Waals surface area contributed by atoms with E-state index in [1.807, 2.05) is 48.2 Å². The van der Waals surface area contributed by atoms with Gasteiger partial charge in [-0.05, 0) is 25.0 Å². The maximum atomic E-state index is 13.4. The number of carbonyl (C=O) groups is 1. The summed E-state index contributed by atoms with van der Waals surface area (Å²) in [5.74, 6) is 1.05. The lowest BCUT2D eigenvalue weighted by molar-refractivity contribution is 0.103. The van der Waals surface area contributed by atoms with E-state index in [9.17, 15) is 4.79 Å². The highest BCUT2D eigenvalue weighted by molar-refractivity contribution is 7.98. The van der Waals surface area contributed by atoms with Crippen LogP contribution in [0, 0.1) is 6.92 Å². The predicted molar refractivity (Wildman–Crippen MR) is 124 cm³/mol. The molecular weight excluding hydrogens is 374 g/mol. The van der Waals surface area contributed by atoms with Crippen molar-refractivity contribution in [3.05, 3.63) is 107 Å².